The molecule has 1 unspecified atom stereocenters. The molecule has 1 aliphatic rings. The minimum Gasteiger partial charge on any atom is -0.489 e. The van der Waals surface area contributed by atoms with E-state index < -0.39 is 0 Å². The fraction of sp³-hybridized carbons (Fsp3) is 0.429. The molecule has 1 aromatic carbocycles. The van der Waals surface area contributed by atoms with Gasteiger partial charge in [0.25, 0.3) is 5.91 Å². The third-order valence-electron chi connectivity index (χ3n) is 4.72. The summed E-state index contributed by atoms with van der Waals surface area (Å²) in [5.41, 5.74) is 1.21. The van der Waals surface area contributed by atoms with Crippen molar-refractivity contribution in [2.45, 2.75) is 20.0 Å². The van der Waals surface area contributed by atoms with Gasteiger partial charge >= 0.3 is 0 Å². The van der Waals surface area contributed by atoms with Gasteiger partial charge in [0, 0.05) is 33.2 Å². The number of guanidine groups is 1. The van der Waals surface area contributed by atoms with Crippen molar-refractivity contribution in [2.24, 2.45) is 4.99 Å². The Bertz CT molecular complexity index is 778. The number of furan rings is 1. The molecular weight excluding hydrogens is 356 g/mol. The van der Waals surface area contributed by atoms with Crippen LogP contribution in [0.1, 0.15) is 23.0 Å². The van der Waals surface area contributed by atoms with Crippen molar-refractivity contribution in [3.8, 4) is 5.75 Å². The van der Waals surface area contributed by atoms with E-state index in [4.69, 9.17) is 9.15 Å². The molecule has 0 bridgehead atoms. The molecule has 2 heterocycles. The molecule has 1 fully saturated rings. The van der Waals surface area contributed by atoms with Gasteiger partial charge in [0.15, 0.2) is 11.7 Å². The molecule has 1 aliphatic heterocycles. The first-order valence-electron chi connectivity index (χ1n) is 9.58. The molecule has 7 heteroatoms. The Morgan fingerprint density at radius 1 is 1.18 bits per heavy atom. The number of aryl methyl sites for hydroxylation is 1. The fourth-order valence-electron chi connectivity index (χ4n) is 3.14. The maximum absolute atomic E-state index is 12.4. The van der Waals surface area contributed by atoms with Gasteiger partial charge in [0.05, 0.1) is 12.8 Å². The number of hydrogen-bond acceptors (Lipinski definition) is 4. The Labute approximate surface area is 166 Å². The second-order valence-corrected chi connectivity index (χ2v) is 6.93. The fourth-order valence-corrected chi connectivity index (χ4v) is 3.14. The summed E-state index contributed by atoms with van der Waals surface area (Å²) in [6.07, 6.45) is 1.52. The predicted octanol–water partition coefficient (Wildman–Crippen LogP) is 2.39. The van der Waals surface area contributed by atoms with Crippen molar-refractivity contribution in [3.63, 3.8) is 0 Å². The molecule has 1 atom stereocenters. The minimum absolute atomic E-state index is 0.00118. The quantitative estimate of drug-likeness (QED) is 0.633. The van der Waals surface area contributed by atoms with E-state index in [0.29, 0.717) is 25.4 Å². The average Bonchev–Trinajstić information content (AvgIpc) is 3.25. The van der Waals surface area contributed by atoms with Gasteiger partial charge in [-0.05, 0) is 38.1 Å². The van der Waals surface area contributed by atoms with E-state index in [1.54, 1.807) is 19.2 Å². The molecule has 0 radical (unpaired) electrons. The zero-order chi connectivity index (χ0) is 19.9. The van der Waals surface area contributed by atoms with Gasteiger partial charge in [-0.2, -0.15) is 0 Å². The number of piperazine rings is 1. The lowest BCUT2D eigenvalue weighted by molar-refractivity contribution is 0.0657. The van der Waals surface area contributed by atoms with Crippen molar-refractivity contribution >= 4 is 11.9 Å². The number of amides is 1. The zero-order valence-electron chi connectivity index (χ0n) is 16.7. The van der Waals surface area contributed by atoms with Crippen molar-refractivity contribution in [1.29, 1.82) is 0 Å². The van der Waals surface area contributed by atoms with Crippen molar-refractivity contribution < 1.29 is 13.9 Å². The number of carbonyl (C=O) groups excluding carboxylic acids is 1. The van der Waals surface area contributed by atoms with E-state index in [1.807, 2.05) is 36.1 Å². The van der Waals surface area contributed by atoms with Gasteiger partial charge < -0.3 is 24.3 Å². The molecule has 2 aromatic rings. The van der Waals surface area contributed by atoms with Gasteiger partial charge in [-0.25, -0.2) is 0 Å². The third-order valence-corrected chi connectivity index (χ3v) is 4.72. The Morgan fingerprint density at radius 3 is 2.46 bits per heavy atom. The van der Waals surface area contributed by atoms with Crippen LogP contribution in [-0.4, -0.2) is 67.5 Å². The molecule has 0 aliphatic carbocycles. The van der Waals surface area contributed by atoms with E-state index in [2.05, 4.69) is 22.1 Å². The SMILES string of the molecule is CN=C(NCC(C)Oc1ccc(C)cc1)N1CCN(C(=O)c2ccco2)CC1. The highest BCUT2D eigenvalue weighted by Crippen LogP contribution is 2.13. The van der Waals surface area contributed by atoms with Crippen LogP contribution in [0.2, 0.25) is 0 Å². The molecule has 150 valence electrons. The lowest BCUT2D eigenvalue weighted by Crippen LogP contribution is -2.54. The van der Waals surface area contributed by atoms with E-state index in [-0.39, 0.29) is 12.0 Å². The Kier molecular flexibility index (Phi) is 6.57. The Morgan fingerprint density at radius 2 is 1.86 bits per heavy atom. The van der Waals surface area contributed by atoms with Crippen molar-refractivity contribution in [2.75, 3.05) is 39.8 Å². The number of carbonyl (C=O) groups is 1. The molecule has 3 rings (SSSR count). The summed E-state index contributed by atoms with van der Waals surface area (Å²) >= 11 is 0. The highest BCUT2D eigenvalue weighted by atomic mass is 16.5. The smallest absolute Gasteiger partial charge is 0.289 e. The summed E-state index contributed by atoms with van der Waals surface area (Å²) in [5.74, 6) is 2.01. The van der Waals surface area contributed by atoms with Crippen molar-refractivity contribution in [3.05, 3.63) is 54.0 Å². The number of nitrogens with one attached hydrogen (secondary N) is 1. The van der Waals surface area contributed by atoms with E-state index in [9.17, 15) is 4.79 Å². The van der Waals surface area contributed by atoms with Crippen LogP contribution in [0.4, 0.5) is 0 Å². The minimum atomic E-state index is -0.0623. The van der Waals surface area contributed by atoms with Crippen LogP contribution in [0.5, 0.6) is 5.75 Å². The lowest BCUT2D eigenvalue weighted by Gasteiger charge is -2.36. The van der Waals surface area contributed by atoms with Gasteiger partial charge in [0.1, 0.15) is 11.9 Å². The summed E-state index contributed by atoms with van der Waals surface area (Å²) in [7, 11) is 1.77. The van der Waals surface area contributed by atoms with Crippen LogP contribution < -0.4 is 10.1 Å². The topological polar surface area (TPSA) is 70.3 Å². The molecule has 1 amide bonds. The molecule has 1 aromatic heterocycles. The largest absolute Gasteiger partial charge is 0.489 e. The van der Waals surface area contributed by atoms with Gasteiger partial charge in [0.2, 0.25) is 0 Å². The molecule has 0 saturated carbocycles. The number of benzene rings is 1. The summed E-state index contributed by atoms with van der Waals surface area (Å²) in [4.78, 5) is 20.7. The van der Waals surface area contributed by atoms with E-state index in [1.165, 1.54) is 11.8 Å². The first-order valence-corrected chi connectivity index (χ1v) is 9.58. The second kappa shape index (κ2) is 9.30. The van der Waals surface area contributed by atoms with Crippen LogP contribution in [0.25, 0.3) is 0 Å². The number of hydrogen-bond donors (Lipinski definition) is 1. The van der Waals surface area contributed by atoms with Gasteiger partial charge in [-0.1, -0.05) is 17.7 Å². The maximum atomic E-state index is 12.4. The molecular formula is C21H28N4O3. The van der Waals surface area contributed by atoms with Crippen molar-refractivity contribution in [1.82, 2.24) is 15.1 Å². The second-order valence-electron chi connectivity index (χ2n) is 6.93. The number of nitrogens with zero attached hydrogens (tertiary/aromatic N) is 3. The third kappa shape index (κ3) is 5.06. The van der Waals surface area contributed by atoms with Crippen LogP contribution in [0, 0.1) is 6.92 Å². The van der Waals surface area contributed by atoms with Crippen LogP contribution in [0.3, 0.4) is 0 Å². The normalized spacial score (nSPS) is 16.0. The van der Waals surface area contributed by atoms with E-state index >= 15 is 0 Å². The summed E-state index contributed by atoms with van der Waals surface area (Å²) in [6, 6.07) is 11.5. The molecule has 0 spiro atoms. The molecule has 7 nitrogen and oxygen atoms in total. The number of aliphatic imine (C=N–C) groups is 1. The summed E-state index contributed by atoms with van der Waals surface area (Å²) < 4.78 is 11.2. The first kappa shape index (κ1) is 19.8. The number of rotatable bonds is 5. The summed E-state index contributed by atoms with van der Waals surface area (Å²) in [5, 5.41) is 3.37. The maximum Gasteiger partial charge on any atom is 0.289 e. The molecule has 1 saturated heterocycles. The molecule has 28 heavy (non-hydrogen) atoms. The van der Waals surface area contributed by atoms with Gasteiger partial charge in [-0.3, -0.25) is 9.79 Å². The molecule has 1 N–H and O–H groups in total. The first-order chi connectivity index (χ1) is 13.6. The Balaban J connectivity index is 1.45. The Hall–Kier alpha value is -2.96. The van der Waals surface area contributed by atoms with Crippen LogP contribution >= 0.6 is 0 Å². The standard InChI is InChI=1S/C21H28N4O3/c1-16-6-8-18(9-7-16)28-17(2)15-23-21(22-3)25-12-10-24(11-13-25)20(26)19-5-4-14-27-19/h4-9,14,17H,10-13,15H2,1-3H3,(H,22,23). The highest BCUT2D eigenvalue weighted by molar-refractivity contribution is 5.91. The monoisotopic (exact) mass is 384 g/mol. The lowest BCUT2D eigenvalue weighted by atomic mass is 10.2. The predicted molar refractivity (Wildman–Crippen MR) is 109 cm³/mol. The van der Waals surface area contributed by atoms with Crippen LogP contribution in [0.15, 0.2) is 52.1 Å². The van der Waals surface area contributed by atoms with E-state index in [0.717, 1.165) is 24.8 Å². The number of ether oxygens (including phenoxy) is 1. The summed E-state index contributed by atoms with van der Waals surface area (Å²) in [6.45, 7) is 7.44. The van der Waals surface area contributed by atoms with Gasteiger partial charge in [-0.15, -0.1) is 0 Å². The average molecular weight is 384 g/mol. The van der Waals surface area contributed by atoms with Crippen LogP contribution in [-0.2, 0) is 0 Å². The zero-order valence-corrected chi connectivity index (χ0v) is 16.7. The highest BCUT2D eigenvalue weighted by Gasteiger charge is 2.25.